The van der Waals surface area contributed by atoms with E-state index in [4.69, 9.17) is 21.1 Å². The van der Waals surface area contributed by atoms with Crippen molar-refractivity contribution in [3.8, 4) is 0 Å². The van der Waals surface area contributed by atoms with Crippen LogP contribution in [0.4, 0.5) is 13.6 Å². The second-order valence-corrected chi connectivity index (χ2v) is 8.75. The first-order valence-corrected chi connectivity index (χ1v) is 10.2. The van der Waals surface area contributed by atoms with Gasteiger partial charge in [0.15, 0.2) is 0 Å². The minimum absolute atomic E-state index is 0.139. The van der Waals surface area contributed by atoms with E-state index in [9.17, 15) is 18.4 Å². The topological polar surface area (TPSA) is 55.8 Å². The van der Waals surface area contributed by atoms with Crippen LogP contribution in [0, 0.1) is 5.41 Å². The third-order valence-corrected chi connectivity index (χ3v) is 5.34. The van der Waals surface area contributed by atoms with Gasteiger partial charge in [-0.15, -0.1) is 0 Å². The first kappa shape index (κ1) is 24.1. The van der Waals surface area contributed by atoms with E-state index in [1.54, 1.807) is 32.9 Å². The van der Waals surface area contributed by atoms with Crippen molar-refractivity contribution in [1.82, 2.24) is 4.90 Å². The predicted octanol–water partition coefficient (Wildman–Crippen LogP) is 5.81. The van der Waals surface area contributed by atoms with Crippen molar-refractivity contribution in [1.29, 1.82) is 0 Å². The summed E-state index contributed by atoms with van der Waals surface area (Å²) in [6.45, 7) is 4.29. The molecular formula is C22H28ClF2NO4. The summed E-state index contributed by atoms with van der Waals surface area (Å²) in [4.78, 5) is 26.1. The second-order valence-electron chi connectivity index (χ2n) is 8.34. The van der Waals surface area contributed by atoms with Crippen LogP contribution in [0.25, 0.3) is 5.70 Å². The van der Waals surface area contributed by atoms with Crippen LogP contribution in [0.2, 0.25) is 5.02 Å². The summed E-state index contributed by atoms with van der Waals surface area (Å²) in [6, 6.07) is 4.57. The molecule has 1 aliphatic rings. The van der Waals surface area contributed by atoms with Gasteiger partial charge in [0.05, 0.1) is 36.7 Å². The maximum atomic E-state index is 13.3. The van der Waals surface area contributed by atoms with E-state index in [0.29, 0.717) is 17.7 Å². The minimum atomic E-state index is -0.734. The van der Waals surface area contributed by atoms with Crippen LogP contribution >= 0.6 is 11.6 Å². The zero-order chi connectivity index (χ0) is 22.5. The van der Waals surface area contributed by atoms with Crippen molar-refractivity contribution in [2.45, 2.75) is 45.6 Å². The molecule has 1 aromatic carbocycles. The molecule has 1 amide bonds. The third kappa shape index (κ3) is 5.72. The van der Waals surface area contributed by atoms with E-state index in [-0.39, 0.29) is 30.0 Å². The minimum Gasteiger partial charge on any atom is -0.465 e. The number of carbonyl (C=O) groups is 2. The average molecular weight is 444 g/mol. The number of hydrogen-bond donors (Lipinski definition) is 0. The number of esters is 1. The van der Waals surface area contributed by atoms with Crippen molar-refractivity contribution in [3.63, 3.8) is 0 Å². The highest BCUT2D eigenvalue weighted by Gasteiger charge is 2.38. The Hall–Kier alpha value is -2.15. The molecule has 0 N–H and O–H groups in total. The summed E-state index contributed by atoms with van der Waals surface area (Å²) >= 11 is 6.44. The molecular weight excluding hydrogens is 416 g/mol. The van der Waals surface area contributed by atoms with Crippen LogP contribution in [0.15, 0.2) is 24.3 Å². The molecule has 0 radical (unpaired) electrons. The number of ether oxygens (including phenoxy) is 2. The Morgan fingerprint density at radius 2 is 1.83 bits per heavy atom. The summed E-state index contributed by atoms with van der Waals surface area (Å²) in [5.41, 5.74) is -0.310. The standard InChI is InChI=1S/C22H28ClF2NO4/c1-21(2,3)30-20(28)26-12-9-22(7-10-24,8-11-25)14-18(26)16-6-5-15(13-17(16)23)19(27)29-4/h5-6,13-14H,7-12H2,1-4H3. The van der Waals surface area contributed by atoms with Crippen LogP contribution < -0.4 is 0 Å². The summed E-state index contributed by atoms with van der Waals surface area (Å²) in [7, 11) is 1.26. The Morgan fingerprint density at radius 1 is 1.20 bits per heavy atom. The molecule has 5 nitrogen and oxygen atoms in total. The van der Waals surface area contributed by atoms with Crippen molar-refractivity contribution in [2.75, 3.05) is 27.0 Å². The summed E-state index contributed by atoms with van der Waals surface area (Å²) in [6.07, 6.45) is 1.83. The zero-order valence-electron chi connectivity index (χ0n) is 17.8. The molecule has 1 aromatic rings. The van der Waals surface area contributed by atoms with Gasteiger partial charge in [-0.2, -0.15) is 0 Å². The molecule has 0 bridgehead atoms. The Morgan fingerprint density at radius 3 is 2.33 bits per heavy atom. The van der Waals surface area contributed by atoms with E-state index in [0.717, 1.165) is 0 Å². The van der Waals surface area contributed by atoms with Gasteiger partial charge in [0.25, 0.3) is 0 Å². The Bertz CT molecular complexity index is 814. The van der Waals surface area contributed by atoms with Gasteiger partial charge in [0.1, 0.15) is 5.60 Å². The number of hydrogen-bond acceptors (Lipinski definition) is 4. The number of methoxy groups -OCH3 is 1. The SMILES string of the molecule is COC(=O)c1ccc(C2=CC(CCF)(CCF)CCN2C(=O)OC(C)(C)C)c(Cl)c1. The lowest BCUT2D eigenvalue weighted by Gasteiger charge is -2.40. The molecule has 1 aliphatic heterocycles. The van der Waals surface area contributed by atoms with Crippen LogP contribution in [0.1, 0.15) is 56.0 Å². The van der Waals surface area contributed by atoms with E-state index < -0.39 is 36.4 Å². The van der Waals surface area contributed by atoms with Gasteiger partial charge < -0.3 is 9.47 Å². The second kappa shape index (κ2) is 9.77. The van der Waals surface area contributed by atoms with Gasteiger partial charge in [0, 0.05) is 12.1 Å². The van der Waals surface area contributed by atoms with Gasteiger partial charge in [-0.05, 0) is 57.6 Å². The number of benzene rings is 1. The van der Waals surface area contributed by atoms with E-state index in [1.807, 2.05) is 0 Å². The number of carbonyl (C=O) groups excluding carboxylic acids is 2. The Balaban J connectivity index is 2.56. The fourth-order valence-electron chi connectivity index (χ4n) is 3.49. The van der Waals surface area contributed by atoms with Gasteiger partial charge >= 0.3 is 12.1 Å². The summed E-state index contributed by atoms with van der Waals surface area (Å²) in [5.74, 6) is -0.547. The smallest absolute Gasteiger partial charge is 0.414 e. The van der Waals surface area contributed by atoms with Gasteiger partial charge in [0.2, 0.25) is 0 Å². The number of allylic oxidation sites excluding steroid dienone is 1. The lowest BCUT2D eigenvalue weighted by molar-refractivity contribution is 0.0318. The van der Waals surface area contributed by atoms with Gasteiger partial charge in [-0.3, -0.25) is 13.7 Å². The average Bonchev–Trinajstić information content (AvgIpc) is 2.66. The molecule has 8 heteroatoms. The highest BCUT2D eigenvalue weighted by Crippen LogP contribution is 2.43. The molecule has 0 aromatic heterocycles. The van der Waals surface area contributed by atoms with Crippen LogP contribution in [0.5, 0.6) is 0 Å². The number of nitrogens with zero attached hydrogens (tertiary/aromatic N) is 1. The molecule has 0 saturated carbocycles. The van der Waals surface area contributed by atoms with Crippen LogP contribution in [-0.2, 0) is 9.47 Å². The molecule has 166 valence electrons. The van der Waals surface area contributed by atoms with Crippen LogP contribution in [0.3, 0.4) is 0 Å². The normalized spacial score (nSPS) is 16.1. The van der Waals surface area contributed by atoms with E-state index >= 15 is 0 Å². The first-order valence-electron chi connectivity index (χ1n) is 9.79. The largest absolute Gasteiger partial charge is 0.465 e. The summed E-state index contributed by atoms with van der Waals surface area (Å²) in [5, 5.41) is 0.217. The predicted molar refractivity (Wildman–Crippen MR) is 112 cm³/mol. The number of amides is 1. The molecule has 1 heterocycles. The zero-order valence-corrected chi connectivity index (χ0v) is 18.5. The molecule has 0 aliphatic carbocycles. The first-order chi connectivity index (χ1) is 14.1. The maximum absolute atomic E-state index is 13.3. The molecule has 30 heavy (non-hydrogen) atoms. The number of alkyl halides is 2. The number of halogens is 3. The molecule has 0 saturated heterocycles. The fourth-order valence-corrected chi connectivity index (χ4v) is 3.77. The molecule has 0 atom stereocenters. The molecule has 0 fully saturated rings. The maximum Gasteiger partial charge on any atom is 0.414 e. The fraction of sp³-hybridized carbons (Fsp3) is 0.545. The Labute approximate surface area is 181 Å². The molecule has 0 unspecified atom stereocenters. The lowest BCUT2D eigenvalue weighted by Crippen LogP contribution is -2.42. The van der Waals surface area contributed by atoms with Gasteiger partial charge in [-0.1, -0.05) is 23.7 Å². The van der Waals surface area contributed by atoms with Crippen molar-refractivity contribution in [2.24, 2.45) is 5.41 Å². The third-order valence-electron chi connectivity index (χ3n) is 5.03. The van der Waals surface area contributed by atoms with Crippen LogP contribution in [-0.4, -0.2) is 49.6 Å². The van der Waals surface area contributed by atoms with Crippen molar-refractivity contribution < 1.29 is 27.8 Å². The van der Waals surface area contributed by atoms with Gasteiger partial charge in [-0.25, -0.2) is 9.59 Å². The lowest BCUT2D eigenvalue weighted by atomic mass is 9.75. The van der Waals surface area contributed by atoms with E-state index in [2.05, 4.69) is 0 Å². The summed E-state index contributed by atoms with van der Waals surface area (Å²) < 4.78 is 36.8. The number of rotatable bonds is 6. The molecule has 2 rings (SSSR count). The van der Waals surface area contributed by atoms with Crippen molar-refractivity contribution in [3.05, 3.63) is 40.4 Å². The Kier molecular flexibility index (Phi) is 7.86. The quantitative estimate of drug-likeness (QED) is 0.520. The van der Waals surface area contributed by atoms with Crippen molar-refractivity contribution >= 4 is 29.4 Å². The molecule has 0 spiro atoms. The highest BCUT2D eigenvalue weighted by atomic mass is 35.5. The van der Waals surface area contributed by atoms with E-state index in [1.165, 1.54) is 24.1 Å². The highest BCUT2D eigenvalue weighted by molar-refractivity contribution is 6.32. The monoisotopic (exact) mass is 443 g/mol.